The molecule has 1 N–H and O–H groups in total. The molecule has 2 aliphatic rings. The van der Waals surface area contributed by atoms with E-state index in [-0.39, 0.29) is 16.7 Å². The van der Waals surface area contributed by atoms with Crippen molar-refractivity contribution in [2.45, 2.75) is 42.4 Å². The molecule has 2 saturated heterocycles. The van der Waals surface area contributed by atoms with Crippen LogP contribution < -0.4 is 4.72 Å². The van der Waals surface area contributed by atoms with Gasteiger partial charge in [0.2, 0.25) is 0 Å². The van der Waals surface area contributed by atoms with Crippen molar-refractivity contribution in [3.63, 3.8) is 0 Å². The summed E-state index contributed by atoms with van der Waals surface area (Å²) in [6.45, 7) is 1.94. The van der Waals surface area contributed by atoms with E-state index in [2.05, 4.69) is 9.71 Å². The number of hydrogen-bond donors (Lipinski definition) is 1. The molecule has 3 heterocycles. The minimum Gasteiger partial charge on any atom is -0.381 e. The van der Waals surface area contributed by atoms with Crippen LogP contribution in [0.1, 0.15) is 25.7 Å². The molecule has 0 saturated carbocycles. The predicted molar refractivity (Wildman–Crippen MR) is 75.3 cm³/mol. The average Bonchev–Trinajstić information content (AvgIpc) is 2.87. The maximum atomic E-state index is 12.3. The number of imidazole rings is 1. The van der Waals surface area contributed by atoms with Gasteiger partial charge in [0.25, 0.3) is 10.0 Å². The third kappa shape index (κ3) is 3.28. The van der Waals surface area contributed by atoms with Crippen molar-refractivity contribution in [1.29, 1.82) is 0 Å². The van der Waals surface area contributed by atoms with Crippen molar-refractivity contribution in [1.82, 2.24) is 14.3 Å². The first-order valence-electron chi connectivity index (χ1n) is 7.21. The predicted octanol–water partition coefficient (Wildman–Crippen LogP) is 0.427. The lowest BCUT2D eigenvalue weighted by Crippen LogP contribution is -2.50. The Kier molecular flexibility index (Phi) is 4.04. The summed E-state index contributed by atoms with van der Waals surface area (Å²) in [6.07, 6.45) is 6.03. The monoisotopic (exact) mass is 315 g/mol. The van der Waals surface area contributed by atoms with Crippen LogP contribution in [0, 0.1) is 0 Å². The Balaban J connectivity index is 1.69. The summed E-state index contributed by atoms with van der Waals surface area (Å²) >= 11 is 0. The highest BCUT2D eigenvalue weighted by molar-refractivity contribution is 7.89. The van der Waals surface area contributed by atoms with E-state index in [1.54, 1.807) is 11.6 Å². The Hall–Kier alpha value is -0.960. The number of hydrogen-bond acceptors (Lipinski definition) is 5. The Morgan fingerprint density at radius 2 is 2.14 bits per heavy atom. The van der Waals surface area contributed by atoms with Gasteiger partial charge in [-0.05, 0) is 25.7 Å². The summed E-state index contributed by atoms with van der Waals surface area (Å²) < 4.78 is 40.4. The molecule has 0 radical (unpaired) electrons. The summed E-state index contributed by atoms with van der Waals surface area (Å²) in [7, 11) is -1.82. The SMILES string of the molecule is Cn1cnc(S(=O)(=O)N[C@@H]2CCOC3(CCOCC3)C2)c1. The molecule has 1 atom stereocenters. The van der Waals surface area contributed by atoms with Crippen LogP contribution in [0.25, 0.3) is 0 Å². The van der Waals surface area contributed by atoms with Crippen LogP contribution in [0.2, 0.25) is 0 Å². The highest BCUT2D eigenvalue weighted by Gasteiger charge is 2.40. The lowest BCUT2D eigenvalue weighted by atomic mass is 9.84. The van der Waals surface area contributed by atoms with Crippen LogP contribution in [0.4, 0.5) is 0 Å². The van der Waals surface area contributed by atoms with Gasteiger partial charge in [-0.25, -0.2) is 18.1 Å². The van der Waals surface area contributed by atoms with Gasteiger partial charge in [-0.15, -0.1) is 0 Å². The fourth-order valence-corrected chi connectivity index (χ4v) is 4.28. The van der Waals surface area contributed by atoms with Crippen LogP contribution in [-0.4, -0.2) is 49.4 Å². The second-order valence-corrected chi connectivity index (χ2v) is 7.49. The van der Waals surface area contributed by atoms with E-state index in [1.807, 2.05) is 0 Å². The van der Waals surface area contributed by atoms with E-state index in [9.17, 15) is 8.42 Å². The second kappa shape index (κ2) is 5.68. The zero-order valence-electron chi connectivity index (χ0n) is 12.1. The first kappa shape index (κ1) is 15.0. The summed E-state index contributed by atoms with van der Waals surface area (Å²) in [6, 6.07) is -0.108. The normalized spacial score (nSPS) is 26.0. The van der Waals surface area contributed by atoms with Crippen molar-refractivity contribution >= 4 is 10.0 Å². The largest absolute Gasteiger partial charge is 0.381 e. The van der Waals surface area contributed by atoms with Crippen LogP contribution >= 0.6 is 0 Å². The van der Waals surface area contributed by atoms with Gasteiger partial charge in [0.1, 0.15) is 0 Å². The molecule has 0 bridgehead atoms. The van der Waals surface area contributed by atoms with Gasteiger partial charge in [0, 0.05) is 39.1 Å². The van der Waals surface area contributed by atoms with Crippen molar-refractivity contribution in [2.75, 3.05) is 19.8 Å². The third-order valence-corrected chi connectivity index (χ3v) is 5.58. The van der Waals surface area contributed by atoms with Crippen LogP contribution in [-0.2, 0) is 26.5 Å². The number of aryl methyl sites for hydroxylation is 1. The molecule has 1 spiro atoms. The standard InChI is InChI=1S/C13H21N3O4S/c1-16-9-12(14-10-16)21(17,18)15-11-2-5-20-13(8-11)3-6-19-7-4-13/h9-11,15H,2-8H2,1H3/t11-/m1/s1. The van der Waals surface area contributed by atoms with Gasteiger partial charge in [0.05, 0.1) is 11.9 Å². The Labute approximate surface area is 124 Å². The van der Waals surface area contributed by atoms with E-state index >= 15 is 0 Å². The minimum absolute atomic E-state index is 0.0671. The molecule has 0 amide bonds. The first-order chi connectivity index (χ1) is 9.99. The number of ether oxygens (including phenoxy) is 2. The molecular formula is C13H21N3O4S. The maximum absolute atomic E-state index is 12.3. The third-order valence-electron chi connectivity index (χ3n) is 4.18. The van der Waals surface area contributed by atoms with Crippen LogP contribution in [0.3, 0.4) is 0 Å². The molecule has 0 aliphatic carbocycles. The maximum Gasteiger partial charge on any atom is 0.259 e. The van der Waals surface area contributed by atoms with E-state index in [0.29, 0.717) is 32.7 Å². The molecule has 0 aromatic carbocycles. The number of nitrogens with one attached hydrogen (secondary N) is 1. The van der Waals surface area contributed by atoms with Crippen molar-refractivity contribution < 1.29 is 17.9 Å². The Bertz CT molecular complexity index is 587. The highest BCUT2D eigenvalue weighted by atomic mass is 32.2. The fourth-order valence-electron chi connectivity index (χ4n) is 3.03. The Morgan fingerprint density at radius 3 is 2.81 bits per heavy atom. The van der Waals surface area contributed by atoms with Gasteiger partial charge in [0.15, 0.2) is 5.03 Å². The van der Waals surface area contributed by atoms with Gasteiger partial charge >= 0.3 is 0 Å². The number of rotatable bonds is 3. The topological polar surface area (TPSA) is 82.5 Å². The molecule has 1 aromatic rings. The van der Waals surface area contributed by atoms with Gasteiger partial charge in [-0.1, -0.05) is 0 Å². The number of aromatic nitrogens is 2. The molecule has 0 unspecified atom stereocenters. The summed E-state index contributed by atoms with van der Waals surface area (Å²) in [5.74, 6) is 0. The molecule has 2 fully saturated rings. The molecule has 21 heavy (non-hydrogen) atoms. The average molecular weight is 315 g/mol. The van der Waals surface area contributed by atoms with E-state index < -0.39 is 10.0 Å². The van der Waals surface area contributed by atoms with Crippen molar-refractivity contribution in [2.24, 2.45) is 7.05 Å². The quantitative estimate of drug-likeness (QED) is 0.874. The van der Waals surface area contributed by atoms with Crippen molar-refractivity contribution in [3.05, 3.63) is 12.5 Å². The molecule has 2 aliphatic heterocycles. The molecule has 7 nitrogen and oxygen atoms in total. The van der Waals surface area contributed by atoms with E-state index in [0.717, 1.165) is 12.8 Å². The number of sulfonamides is 1. The van der Waals surface area contributed by atoms with Crippen LogP contribution in [0.15, 0.2) is 17.6 Å². The zero-order valence-corrected chi connectivity index (χ0v) is 12.9. The fraction of sp³-hybridized carbons (Fsp3) is 0.769. The van der Waals surface area contributed by atoms with Gasteiger partial charge < -0.3 is 14.0 Å². The van der Waals surface area contributed by atoms with Gasteiger partial charge in [-0.2, -0.15) is 0 Å². The molecule has 1 aromatic heterocycles. The summed E-state index contributed by atoms with van der Waals surface area (Å²) in [4.78, 5) is 3.92. The smallest absolute Gasteiger partial charge is 0.259 e. The minimum atomic E-state index is -3.56. The molecule has 8 heteroatoms. The van der Waals surface area contributed by atoms with E-state index in [1.165, 1.54) is 12.5 Å². The first-order valence-corrected chi connectivity index (χ1v) is 8.69. The van der Waals surface area contributed by atoms with E-state index in [4.69, 9.17) is 9.47 Å². The molecular weight excluding hydrogens is 294 g/mol. The number of nitrogens with zero attached hydrogens (tertiary/aromatic N) is 2. The van der Waals surface area contributed by atoms with Crippen LogP contribution in [0.5, 0.6) is 0 Å². The molecule has 118 valence electrons. The summed E-state index contributed by atoms with van der Waals surface area (Å²) in [5, 5.41) is 0.0671. The lowest BCUT2D eigenvalue weighted by molar-refractivity contribution is -0.138. The second-order valence-electron chi connectivity index (χ2n) is 5.83. The highest BCUT2D eigenvalue weighted by Crippen LogP contribution is 2.34. The molecule has 3 rings (SSSR count). The van der Waals surface area contributed by atoms with Gasteiger partial charge in [-0.3, -0.25) is 0 Å². The van der Waals surface area contributed by atoms with Crippen molar-refractivity contribution in [3.8, 4) is 0 Å². The summed E-state index contributed by atoms with van der Waals surface area (Å²) in [5.41, 5.74) is -0.228. The zero-order chi connectivity index (χ0) is 14.9. The lowest BCUT2D eigenvalue weighted by Gasteiger charge is -2.43. The Morgan fingerprint density at radius 1 is 1.38 bits per heavy atom.